The number of tetrazole rings is 1. The van der Waals surface area contributed by atoms with E-state index in [-0.39, 0.29) is 6.10 Å². The van der Waals surface area contributed by atoms with Crippen LogP contribution >= 0.6 is 11.8 Å². The summed E-state index contributed by atoms with van der Waals surface area (Å²) in [4.78, 5) is 0. The number of ether oxygens (including phenoxy) is 1. The molecule has 0 aliphatic carbocycles. The fraction of sp³-hybridized carbons (Fsp3) is 0.316. The number of hydrogen-bond acceptors (Lipinski definition) is 5. The van der Waals surface area contributed by atoms with Gasteiger partial charge in [0.2, 0.25) is 5.16 Å². The number of nitrogens with zero attached hydrogens (tertiary/aromatic N) is 4. The lowest BCUT2D eigenvalue weighted by molar-refractivity contribution is 0.171. The summed E-state index contributed by atoms with van der Waals surface area (Å²) in [7, 11) is 0. The van der Waals surface area contributed by atoms with Crippen molar-refractivity contribution < 1.29 is 4.74 Å². The van der Waals surface area contributed by atoms with E-state index in [1.807, 2.05) is 28.9 Å². The van der Waals surface area contributed by atoms with Gasteiger partial charge < -0.3 is 4.74 Å². The second-order valence-corrected chi connectivity index (χ2v) is 7.19. The fourth-order valence-electron chi connectivity index (χ4n) is 3.02. The average molecular weight is 352 g/mol. The Hall–Kier alpha value is -2.34. The zero-order valence-corrected chi connectivity index (χ0v) is 14.7. The second kappa shape index (κ2) is 7.70. The van der Waals surface area contributed by atoms with Crippen molar-refractivity contribution in [3.8, 4) is 5.75 Å². The van der Waals surface area contributed by atoms with Crippen molar-refractivity contribution in [2.45, 2.75) is 37.1 Å². The Balaban J connectivity index is 1.31. The van der Waals surface area contributed by atoms with E-state index < -0.39 is 0 Å². The quantitative estimate of drug-likeness (QED) is 0.635. The number of benzene rings is 2. The fourth-order valence-corrected chi connectivity index (χ4v) is 3.93. The van der Waals surface area contributed by atoms with Gasteiger partial charge in [0.15, 0.2) is 0 Å². The Morgan fingerprint density at radius 2 is 1.92 bits per heavy atom. The van der Waals surface area contributed by atoms with Crippen LogP contribution in [0.4, 0.5) is 0 Å². The van der Waals surface area contributed by atoms with Gasteiger partial charge in [0.1, 0.15) is 5.75 Å². The maximum atomic E-state index is 6.11. The highest BCUT2D eigenvalue weighted by Crippen LogP contribution is 2.29. The van der Waals surface area contributed by atoms with Crippen molar-refractivity contribution >= 4 is 11.8 Å². The third-order valence-corrected chi connectivity index (χ3v) is 5.34. The van der Waals surface area contributed by atoms with Crippen molar-refractivity contribution in [1.82, 2.24) is 20.2 Å². The van der Waals surface area contributed by atoms with E-state index in [4.69, 9.17) is 4.74 Å². The smallest absolute Gasteiger partial charge is 0.209 e. The molecule has 128 valence electrons. The van der Waals surface area contributed by atoms with Crippen LogP contribution in [-0.2, 0) is 13.0 Å². The van der Waals surface area contributed by atoms with Gasteiger partial charge in [-0.25, -0.2) is 4.68 Å². The zero-order valence-electron chi connectivity index (χ0n) is 13.9. The molecule has 6 heteroatoms. The Morgan fingerprint density at radius 3 is 2.84 bits per heavy atom. The van der Waals surface area contributed by atoms with Crippen LogP contribution in [0.1, 0.15) is 24.0 Å². The predicted octanol–water partition coefficient (Wildman–Crippen LogP) is 3.60. The van der Waals surface area contributed by atoms with Crippen LogP contribution in [0.25, 0.3) is 0 Å². The van der Waals surface area contributed by atoms with Gasteiger partial charge in [-0.2, -0.15) is 0 Å². The van der Waals surface area contributed by atoms with Crippen LogP contribution in [0.3, 0.4) is 0 Å². The number of rotatable bonds is 6. The number of para-hydroxylation sites is 1. The molecule has 1 aliphatic rings. The van der Waals surface area contributed by atoms with Gasteiger partial charge in [0, 0.05) is 5.75 Å². The van der Waals surface area contributed by atoms with Crippen molar-refractivity contribution in [1.29, 1.82) is 0 Å². The van der Waals surface area contributed by atoms with Crippen molar-refractivity contribution in [3.05, 3.63) is 65.7 Å². The first kappa shape index (κ1) is 16.1. The predicted molar refractivity (Wildman–Crippen MR) is 97.9 cm³/mol. The van der Waals surface area contributed by atoms with E-state index in [1.165, 1.54) is 11.1 Å². The SMILES string of the molecule is c1ccc(Cn2nnnc2SCCC2CCc3ccccc3O2)cc1. The molecule has 1 aromatic heterocycles. The van der Waals surface area contributed by atoms with E-state index in [2.05, 4.69) is 45.9 Å². The summed E-state index contributed by atoms with van der Waals surface area (Å²) in [5.41, 5.74) is 2.52. The highest BCUT2D eigenvalue weighted by atomic mass is 32.2. The van der Waals surface area contributed by atoms with Crippen molar-refractivity contribution in [3.63, 3.8) is 0 Å². The molecule has 1 aliphatic heterocycles. The van der Waals surface area contributed by atoms with Crippen molar-refractivity contribution in [2.75, 3.05) is 5.75 Å². The molecule has 0 saturated heterocycles. The molecule has 0 amide bonds. The van der Waals surface area contributed by atoms with E-state index in [0.717, 1.165) is 35.9 Å². The molecule has 0 fully saturated rings. The third-order valence-electron chi connectivity index (χ3n) is 4.35. The molecule has 2 aromatic carbocycles. The number of aryl methyl sites for hydroxylation is 1. The molecule has 4 rings (SSSR count). The molecule has 0 bridgehead atoms. The highest BCUT2D eigenvalue weighted by Gasteiger charge is 2.19. The molecule has 0 spiro atoms. The van der Waals surface area contributed by atoms with Crippen LogP contribution < -0.4 is 4.74 Å². The summed E-state index contributed by atoms with van der Waals surface area (Å²) >= 11 is 1.69. The van der Waals surface area contributed by atoms with Gasteiger partial charge >= 0.3 is 0 Å². The molecule has 1 atom stereocenters. The lowest BCUT2D eigenvalue weighted by Crippen LogP contribution is -2.23. The second-order valence-electron chi connectivity index (χ2n) is 6.13. The van der Waals surface area contributed by atoms with Gasteiger partial charge in [-0.1, -0.05) is 60.3 Å². The van der Waals surface area contributed by atoms with Gasteiger partial charge in [-0.3, -0.25) is 0 Å². The first-order valence-electron chi connectivity index (χ1n) is 8.56. The molecule has 2 heterocycles. The minimum atomic E-state index is 0.279. The lowest BCUT2D eigenvalue weighted by atomic mass is 10.0. The minimum absolute atomic E-state index is 0.279. The van der Waals surface area contributed by atoms with E-state index in [0.29, 0.717) is 6.54 Å². The van der Waals surface area contributed by atoms with Gasteiger partial charge in [-0.15, -0.1) is 5.10 Å². The maximum Gasteiger partial charge on any atom is 0.209 e. The van der Waals surface area contributed by atoms with Crippen LogP contribution in [-0.4, -0.2) is 32.1 Å². The third kappa shape index (κ3) is 4.02. The molecular weight excluding hydrogens is 332 g/mol. The van der Waals surface area contributed by atoms with E-state index in [9.17, 15) is 0 Å². The average Bonchev–Trinajstić information content (AvgIpc) is 3.09. The summed E-state index contributed by atoms with van der Waals surface area (Å²) < 4.78 is 7.96. The van der Waals surface area contributed by atoms with Gasteiger partial charge in [0.05, 0.1) is 12.6 Å². The minimum Gasteiger partial charge on any atom is -0.490 e. The van der Waals surface area contributed by atoms with Crippen molar-refractivity contribution in [2.24, 2.45) is 0 Å². The summed E-state index contributed by atoms with van der Waals surface area (Å²) in [5.74, 6) is 1.99. The number of fused-ring (bicyclic) bond motifs is 1. The number of hydrogen-bond donors (Lipinski definition) is 0. The molecule has 5 nitrogen and oxygen atoms in total. The molecule has 1 unspecified atom stereocenters. The van der Waals surface area contributed by atoms with Crippen LogP contribution in [0.5, 0.6) is 5.75 Å². The molecule has 25 heavy (non-hydrogen) atoms. The van der Waals surface area contributed by atoms with Gasteiger partial charge in [0.25, 0.3) is 0 Å². The van der Waals surface area contributed by atoms with E-state index >= 15 is 0 Å². The summed E-state index contributed by atoms with van der Waals surface area (Å²) in [5, 5.41) is 13.0. The summed E-state index contributed by atoms with van der Waals surface area (Å²) in [6.07, 6.45) is 3.45. The first-order chi connectivity index (χ1) is 12.4. The summed E-state index contributed by atoms with van der Waals surface area (Å²) in [6, 6.07) is 18.6. The topological polar surface area (TPSA) is 52.8 Å². The molecule has 0 saturated carbocycles. The number of aromatic nitrogens is 4. The van der Waals surface area contributed by atoms with Crippen LogP contribution in [0.2, 0.25) is 0 Å². The Labute approximate surface area is 151 Å². The Morgan fingerprint density at radius 1 is 1.08 bits per heavy atom. The molecule has 3 aromatic rings. The lowest BCUT2D eigenvalue weighted by Gasteiger charge is -2.25. The summed E-state index contributed by atoms with van der Waals surface area (Å²) in [6.45, 7) is 0.698. The van der Waals surface area contributed by atoms with Crippen LogP contribution in [0.15, 0.2) is 59.8 Å². The molecular formula is C19H20N4OS. The van der Waals surface area contributed by atoms with E-state index in [1.54, 1.807) is 11.8 Å². The number of thioether (sulfide) groups is 1. The Bertz CT molecular complexity index is 821. The standard InChI is InChI=1S/C19H20N4OS/c1-2-6-15(7-3-1)14-23-19(20-21-22-23)25-13-12-17-11-10-16-8-4-5-9-18(16)24-17/h1-9,17H,10-14H2. The first-order valence-corrected chi connectivity index (χ1v) is 9.54. The molecule has 0 radical (unpaired) electrons. The van der Waals surface area contributed by atoms with Crippen LogP contribution in [0, 0.1) is 0 Å². The van der Waals surface area contributed by atoms with Gasteiger partial charge in [-0.05, 0) is 46.9 Å². The zero-order chi connectivity index (χ0) is 16.9. The largest absolute Gasteiger partial charge is 0.490 e. The maximum absolute atomic E-state index is 6.11. The Kier molecular flexibility index (Phi) is 4.97. The normalized spacial score (nSPS) is 16.2. The highest BCUT2D eigenvalue weighted by molar-refractivity contribution is 7.99. The monoisotopic (exact) mass is 352 g/mol. The molecule has 0 N–H and O–H groups in total.